The zero-order chi connectivity index (χ0) is 14.5. The van der Waals surface area contributed by atoms with Crippen molar-refractivity contribution in [3.8, 4) is 11.3 Å². The second-order valence-electron chi connectivity index (χ2n) is 4.53. The van der Waals surface area contributed by atoms with Gasteiger partial charge in [-0.15, -0.1) is 0 Å². The second-order valence-corrected chi connectivity index (χ2v) is 4.53. The minimum absolute atomic E-state index is 0.309. The van der Waals surface area contributed by atoms with E-state index in [1.54, 1.807) is 7.11 Å². The van der Waals surface area contributed by atoms with E-state index in [1.807, 2.05) is 43.3 Å². The summed E-state index contributed by atoms with van der Waals surface area (Å²) in [4.78, 5) is 11.8. The first kappa shape index (κ1) is 14.3. The van der Waals surface area contributed by atoms with Crippen molar-refractivity contribution < 1.29 is 14.3 Å². The first-order valence-electron chi connectivity index (χ1n) is 6.51. The quantitative estimate of drug-likeness (QED) is 0.786. The molecule has 0 aliphatic heterocycles. The van der Waals surface area contributed by atoms with Gasteiger partial charge in [0.15, 0.2) is 0 Å². The molecular weight excluding hydrogens is 254 g/mol. The summed E-state index contributed by atoms with van der Waals surface area (Å²) in [6.45, 7) is 3.22. The fourth-order valence-corrected chi connectivity index (χ4v) is 2.28. The van der Waals surface area contributed by atoms with Gasteiger partial charge in [-0.05, 0) is 18.6 Å². The standard InChI is InChI=1S/C16H19NO3/c1-12-14(16(18)20-3)11-15(17(12)9-10-19-2)13-7-5-4-6-8-13/h4-8,11H,9-10H2,1-3H3. The smallest absolute Gasteiger partial charge is 0.339 e. The minimum atomic E-state index is -0.309. The SMILES string of the molecule is COCCn1c(-c2ccccc2)cc(C(=O)OC)c1C. The van der Waals surface area contributed by atoms with Crippen LogP contribution >= 0.6 is 0 Å². The molecule has 0 radical (unpaired) electrons. The summed E-state index contributed by atoms with van der Waals surface area (Å²) >= 11 is 0. The Morgan fingerprint density at radius 3 is 2.50 bits per heavy atom. The van der Waals surface area contributed by atoms with E-state index in [2.05, 4.69) is 4.57 Å². The molecule has 4 nitrogen and oxygen atoms in total. The average Bonchev–Trinajstić information content (AvgIpc) is 2.82. The molecule has 0 aliphatic carbocycles. The molecule has 0 aliphatic rings. The Balaban J connectivity index is 2.51. The molecule has 0 spiro atoms. The van der Waals surface area contributed by atoms with E-state index in [9.17, 15) is 4.79 Å². The summed E-state index contributed by atoms with van der Waals surface area (Å²) in [6.07, 6.45) is 0. The van der Waals surface area contributed by atoms with Crippen LogP contribution in [0, 0.1) is 6.92 Å². The number of esters is 1. The molecule has 2 aromatic rings. The highest BCUT2D eigenvalue weighted by Gasteiger charge is 2.18. The van der Waals surface area contributed by atoms with Crippen LogP contribution in [0.25, 0.3) is 11.3 Å². The van der Waals surface area contributed by atoms with Crippen LogP contribution < -0.4 is 0 Å². The van der Waals surface area contributed by atoms with E-state index in [1.165, 1.54) is 7.11 Å². The first-order valence-corrected chi connectivity index (χ1v) is 6.51. The largest absolute Gasteiger partial charge is 0.465 e. The van der Waals surface area contributed by atoms with Gasteiger partial charge in [0.05, 0.1) is 19.3 Å². The molecule has 4 heteroatoms. The van der Waals surface area contributed by atoms with Crippen LogP contribution in [0.15, 0.2) is 36.4 Å². The Hall–Kier alpha value is -2.07. The van der Waals surface area contributed by atoms with Gasteiger partial charge in [-0.3, -0.25) is 0 Å². The van der Waals surface area contributed by atoms with Gasteiger partial charge in [0.1, 0.15) is 0 Å². The van der Waals surface area contributed by atoms with Crippen LogP contribution in [0.2, 0.25) is 0 Å². The number of aromatic nitrogens is 1. The predicted octanol–water partition coefficient (Wildman–Crippen LogP) is 2.90. The van der Waals surface area contributed by atoms with Crippen molar-refractivity contribution in [2.24, 2.45) is 0 Å². The third-order valence-corrected chi connectivity index (χ3v) is 3.36. The van der Waals surface area contributed by atoms with Crippen LogP contribution in [0.5, 0.6) is 0 Å². The van der Waals surface area contributed by atoms with Gasteiger partial charge < -0.3 is 14.0 Å². The van der Waals surface area contributed by atoms with E-state index in [-0.39, 0.29) is 5.97 Å². The summed E-state index contributed by atoms with van der Waals surface area (Å²) < 4.78 is 12.1. The van der Waals surface area contributed by atoms with Crippen LogP contribution in [0.1, 0.15) is 16.1 Å². The Labute approximate surface area is 118 Å². The van der Waals surface area contributed by atoms with Crippen molar-refractivity contribution in [2.75, 3.05) is 20.8 Å². The number of hydrogen-bond donors (Lipinski definition) is 0. The lowest BCUT2D eigenvalue weighted by atomic mass is 10.1. The molecule has 106 valence electrons. The fraction of sp³-hybridized carbons (Fsp3) is 0.312. The maximum atomic E-state index is 11.8. The summed E-state index contributed by atoms with van der Waals surface area (Å²) in [5.74, 6) is -0.309. The fourth-order valence-electron chi connectivity index (χ4n) is 2.28. The van der Waals surface area contributed by atoms with E-state index < -0.39 is 0 Å². The van der Waals surface area contributed by atoms with Gasteiger partial charge in [0.2, 0.25) is 0 Å². The number of carbonyl (C=O) groups excluding carboxylic acids is 1. The van der Waals surface area contributed by atoms with Crippen LogP contribution in [0.4, 0.5) is 0 Å². The highest BCUT2D eigenvalue weighted by molar-refractivity contribution is 5.92. The van der Waals surface area contributed by atoms with Crippen molar-refractivity contribution in [3.63, 3.8) is 0 Å². The van der Waals surface area contributed by atoms with E-state index >= 15 is 0 Å². The maximum absolute atomic E-state index is 11.8. The number of nitrogens with zero attached hydrogens (tertiary/aromatic N) is 1. The number of rotatable bonds is 5. The molecule has 0 N–H and O–H groups in total. The third kappa shape index (κ3) is 2.75. The van der Waals surface area contributed by atoms with Gasteiger partial charge in [-0.2, -0.15) is 0 Å². The average molecular weight is 273 g/mol. The predicted molar refractivity (Wildman–Crippen MR) is 77.8 cm³/mol. The molecule has 0 atom stereocenters. The number of benzene rings is 1. The van der Waals surface area contributed by atoms with E-state index in [0.717, 1.165) is 17.0 Å². The van der Waals surface area contributed by atoms with E-state index in [0.29, 0.717) is 18.7 Å². The molecule has 20 heavy (non-hydrogen) atoms. The summed E-state index contributed by atoms with van der Waals surface area (Å²) in [5.41, 5.74) is 3.57. The molecule has 2 rings (SSSR count). The Kier molecular flexibility index (Phi) is 4.58. The van der Waals surface area contributed by atoms with Gasteiger partial charge in [-0.1, -0.05) is 30.3 Å². The number of methoxy groups -OCH3 is 2. The molecule has 1 aromatic heterocycles. The van der Waals surface area contributed by atoms with Crippen LogP contribution in [0.3, 0.4) is 0 Å². The van der Waals surface area contributed by atoms with Gasteiger partial charge in [0.25, 0.3) is 0 Å². The lowest BCUT2D eigenvalue weighted by Gasteiger charge is -2.11. The maximum Gasteiger partial charge on any atom is 0.339 e. The van der Waals surface area contributed by atoms with Crippen LogP contribution in [-0.4, -0.2) is 31.4 Å². The Bertz CT molecular complexity index is 587. The summed E-state index contributed by atoms with van der Waals surface area (Å²) in [6, 6.07) is 11.9. The lowest BCUT2D eigenvalue weighted by Crippen LogP contribution is -2.09. The summed E-state index contributed by atoms with van der Waals surface area (Å²) in [7, 11) is 3.07. The molecule has 0 amide bonds. The van der Waals surface area contributed by atoms with Crippen molar-refractivity contribution in [3.05, 3.63) is 47.7 Å². The Morgan fingerprint density at radius 1 is 1.20 bits per heavy atom. The monoisotopic (exact) mass is 273 g/mol. The zero-order valence-electron chi connectivity index (χ0n) is 12.1. The molecule has 1 aromatic carbocycles. The molecule has 0 saturated heterocycles. The van der Waals surface area contributed by atoms with Crippen molar-refractivity contribution in [1.29, 1.82) is 0 Å². The highest BCUT2D eigenvalue weighted by Crippen LogP contribution is 2.26. The number of carbonyl (C=O) groups is 1. The molecule has 0 saturated carbocycles. The number of hydrogen-bond acceptors (Lipinski definition) is 3. The van der Waals surface area contributed by atoms with E-state index in [4.69, 9.17) is 9.47 Å². The van der Waals surface area contributed by atoms with Gasteiger partial charge in [0, 0.05) is 25.0 Å². The number of ether oxygens (including phenoxy) is 2. The minimum Gasteiger partial charge on any atom is -0.465 e. The van der Waals surface area contributed by atoms with Crippen LogP contribution in [-0.2, 0) is 16.0 Å². The molecular formula is C16H19NO3. The molecule has 0 fully saturated rings. The third-order valence-electron chi connectivity index (χ3n) is 3.36. The molecule has 0 unspecified atom stereocenters. The van der Waals surface area contributed by atoms with Crippen molar-refractivity contribution >= 4 is 5.97 Å². The molecule has 0 bridgehead atoms. The van der Waals surface area contributed by atoms with Crippen molar-refractivity contribution in [2.45, 2.75) is 13.5 Å². The topological polar surface area (TPSA) is 40.5 Å². The van der Waals surface area contributed by atoms with Gasteiger partial charge >= 0.3 is 5.97 Å². The summed E-state index contributed by atoms with van der Waals surface area (Å²) in [5, 5.41) is 0. The van der Waals surface area contributed by atoms with Gasteiger partial charge in [-0.25, -0.2) is 4.79 Å². The second kappa shape index (κ2) is 6.39. The Morgan fingerprint density at radius 2 is 1.90 bits per heavy atom. The molecule has 1 heterocycles. The normalized spacial score (nSPS) is 10.6. The lowest BCUT2D eigenvalue weighted by molar-refractivity contribution is 0.0599. The first-order chi connectivity index (χ1) is 9.69. The highest BCUT2D eigenvalue weighted by atomic mass is 16.5. The van der Waals surface area contributed by atoms with Crippen molar-refractivity contribution in [1.82, 2.24) is 4.57 Å². The zero-order valence-corrected chi connectivity index (χ0v) is 12.1.